The van der Waals surface area contributed by atoms with Gasteiger partial charge < -0.3 is 10.0 Å². The van der Waals surface area contributed by atoms with Crippen molar-refractivity contribution in [2.24, 2.45) is 0 Å². The number of aliphatic hydroxyl groups is 1. The van der Waals surface area contributed by atoms with Crippen LogP contribution < -0.4 is 4.90 Å². The van der Waals surface area contributed by atoms with Gasteiger partial charge in [-0.15, -0.1) is 11.8 Å². The predicted octanol–water partition coefficient (Wildman–Crippen LogP) is 2.14. The van der Waals surface area contributed by atoms with Crippen molar-refractivity contribution < 1.29 is 9.90 Å². The lowest BCUT2D eigenvalue weighted by molar-refractivity contribution is -0.120. The van der Waals surface area contributed by atoms with E-state index in [-0.39, 0.29) is 5.91 Å². The summed E-state index contributed by atoms with van der Waals surface area (Å²) in [6.45, 7) is 1.68. The molecule has 3 nitrogen and oxygen atoms in total. The fraction of sp³-hybridized carbons (Fsp3) is 0.417. The van der Waals surface area contributed by atoms with Gasteiger partial charge >= 0.3 is 0 Å². The highest BCUT2D eigenvalue weighted by Gasteiger charge is 2.09. The molecule has 4 heteroatoms. The summed E-state index contributed by atoms with van der Waals surface area (Å²) in [7, 11) is 1.67. The van der Waals surface area contributed by atoms with Gasteiger partial charge in [0.05, 0.1) is 0 Å². The number of hydrogen-bond acceptors (Lipinski definition) is 3. The molecule has 0 spiro atoms. The fourth-order valence-electron chi connectivity index (χ4n) is 1.25. The molecule has 0 saturated heterocycles. The molecular weight excluding hydrogens is 222 g/mol. The van der Waals surface area contributed by atoms with E-state index in [4.69, 9.17) is 5.11 Å². The van der Waals surface area contributed by atoms with Crippen LogP contribution in [0.4, 0.5) is 5.69 Å². The Balaban J connectivity index is 2.77. The third kappa shape index (κ3) is 3.54. The number of anilines is 1. The molecule has 0 aliphatic carbocycles. The first-order valence-electron chi connectivity index (χ1n) is 5.29. The second-order valence-electron chi connectivity index (χ2n) is 3.46. The SMILES string of the molecule is CCCSc1cccc(N(C)C(=O)CO)c1. The molecule has 0 bridgehead atoms. The number of thioether (sulfide) groups is 1. The van der Waals surface area contributed by atoms with Gasteiger partial charge in [0.25, 0.3) is 5.91 Å². The number of rotatable bonds is 5. The number of likely N-dealkylation sites (N-methyl/N-ethyl adjacent to an activating group) is 1. The summed E-state index contributed by atoms with van der Waals surface area (Å²) in [6, 6.07) is 7.78. The van der Waals surface area contributed by atoms with Crippen LogP contribution in [0.5, 0.6) is 0 Å². The average Bonchev–Trinajstić information content (AvgIpc) is 2.34. The molecule has 88 valence electrons. The summed E-state index contributed by atoms with van der Waals surface area (Å²) in [5.41, 5.74) is 0.820. The number of amides is 1. The van der Waals surface area contributed by atoms with Crippen molar-refractivity contribution in [3.8, 4) is 0 Å². The van der Waals surface area contributed by atoms with Crippen molar-refractivity contribution >= 4 is 23.4 Å². The van der Waals surface area contributed by atoms with Crippen LogP contribution in [-0.2, 0) is 4.79 Å². The minimum Gasteiger partial charge on any atom is -0.387 e. The molecule has 16 heavy (non-hydrogen) atoms. The van der Waals surface area contributed by atoms with Gasteiger partial charge in [0.2, 0.25) is 0 Å². The zero-order chi connectivity index (χ0) is 12.0. The first-order valence-corrected chi connectivity index (χ1v) is 6.28. The molecule has 1 rings (SSSR count). The summed E-state index contributed by atoms with van der Waals surface area (Å²) in [6.07, 6.45) is 1.13. The molecule has 1 N–H and O–H groups in total. The minimum atomic E-state index is -0.456. The van der Waals surface area contributed by atoms with E-state index in [9.17, 15) is 4.79 Å². The number of aliphatic hydroxyl groups excluding tert-OH is 1. The summed E-state index contributed by atoms with van der Waals surface area (Å²) in [5.74, 6) is 0.777. The lowest BCUT2D eigenvalue weighted by Gasteiger charge is -2.16. The van der Waals surface area contributed by atoms with E-state index in [1.54, 1.807) is 18.8 Å². The molecule has 0 atom stereocenters. The topological polar surface area (TPSA) is 40.5 Å². The number of nitrogens with zero attached hydrogens (tertiary/aromatic N) is 1. The highest BCUT2D eigenvalue weighted by molar-refractivity contribution is 7.99. The van der Waals surface area contributed by atoms with Gasteiger partial charge in [0.1, 0.15) is 6.61 Å². The van der Waals surface area contributed by atoms with Crippen LogP contribution in [0.1, 0.15) is 13.3 Å². The zero-order valence-corrected chi connectivity index (χ0v) is 10.5. The van der Waals surface area contributed by atoms with E-state index in [0.29, 0.717) is 0 Å². The minimum absolute atomic E-state index is 0.294. The van der Waals surface area contributed by atoms with Crippen molar-refractivity contribution in [3.63, 3.8) is 0 Å². The molecule has 1 aromatic rings. The molecular formula is C12H17NO2S. The lowest BCUT2D eigenvalue weighted by Crippen LogP contribution is -2.28. The van der Waals surface area contributed by atoms with Gasteiger partial charge in [-0.05, 0) is 30.4 Å². The molecule has 0 saturated carbocycles. The highest BCUT2D eigenvalue weighted by atomic mass is 32.2. The number of benzene rings is 1. The van der Waals surface area contributed by atoms with Crippen molar-refractivity contribution in [2.45, 2.75) is 18.2 Å². The van der Waals surface area contributed by atoms with E-state index in [1.807, 2.05) is 24.3 Å². The Labute approximate surface area is 100 Å². The van der Waals surface area contributed by atoms with Crippen molar-refractivity contribution in [3.05, 3.63) is 24.3 Å². The van der Waals surface area contributed by atoms with Crippen molar-refractivity contribution in [2.75, 3.05) is 24.3 Å². The van der Waals surface area contributed by atoms with Gasteiger partial charge in [0.15, 0.2) is 0 Å². The van der Waals surface area contributed by atoms with Crippen LogP contribution in [-0.4, -0.2) is 30.4 Å². The first-order chi connectivity index (χ1) is 7.69. The predicted molar refractivity (Wildman–Crippen MR) is 68.0 cm³/mol. The molecule has 0 unspecified atom stereocenters. The monoisotopic (exact) mass is 239 g/mol. The fourth-order valence-corrected chi connectivity index (χ4v) is 2.07. The average molecular weight is 239 g/mol. The number of carbonyl (C=O) groups excluding carboxylic acids is 1. The Morgan fingerprint density at radius 2 is 2.25 bits per heavy atom. The van der Waals surface area contributed by atoms with Gasteiger partial charge in [-0.25, -0.2) is 0 Å². The third-order valence-electron chi connectivity index (χ3n) is 2.19. The molecule has 0 radical (unpaired) electrons. The van der Waals surface area contributed by atoms with E-state index >= 15 is 0 Å². The van der Waals surface area contributed by atoms with Crippen LogP contribution in [0.15, 0.2) is 29.2 Å². The maximum Gasteiger partial charge on any atom is 0.252 e. The Hall–Kier alpha value is -1.00. The van der Waals surface area contributed by atoms with Crippen molar-refractivity contribution in [1.29, 1.82) is 0 Å². The molecule has 0 heterocycles. The maximum absolute atomic E-state index is 11.3. The van der Waals surface area contributed by atoms with Crippen LogP contribution >= 0.6 is 11.8 Å². The standard InChI is InChI=1S/C12H17NO2S/c1-3-7-16-11-6-4-5-10(8-11)13(2)12(15)9-14/h4-6,8,14H,3,7,9H2,1-2H3. The zero-order valence-electron chi connectivity index (χ0n) is 9.64. The van der Waals surface area contributed by atoms with Crippen molar-refractivity contribution in [1.82, 2.24) is 0 Å². The van der Waals surface area contributed by atoms with Crippen LogP contribution in [0.25, 0.3) is 0 Å². The quantitative estimate of drug-likeness (QED) is 0.800. The summed E-state index contributed by atoms with van der Waals surface area (Å²) in [5, 5.41) is 8.78. The molecule has 0 aliphatic rings. The third-order valence-corrected chi connectivity index (χ3v) is 3.39. The van der Waals surface area contributed by atoms with Crippen LogP contribution in [0.3, 0.4) is 0 Å². The van der Waals surface area contributed by atoms with E-state index in [1.165, 1.54) is 4.90 Å². The normalized spacial score (nSPS) is 10.2. The van der Waals surface area contributed by atoms with Crippen LogP contribution in [0.2, 0.25) is 0 Å². The first kappa shape index (κ1) is 13.1. The van der Waals surface area contributed by atoms with Gasteiger partial charge in [-0.2, -0.15) is 0 Å². The largest absolute Gasteiger partial charge is 0.387 e. The molecule has 0 aliphatic heterocycles. The Morgan fingerprint density at radius 3 is 2.88 bits per heavy atom. The Bertz CT molecular complexity index is 355. The van der Waals surface area contributed by atoms with E-state index in [0.717, 1.165) is 22.8 Å². The Morgan fingerprint density at radius 1 is 1.50 bits per heavy atom. The van der Waals surface area contributed by atoms with Gasteiger partial charge in [-0.3, -0.25) is 4.79 Å². The van der Waals surface area contributed by atoms with Crippen LogP contribution in [0, 0.1) is 0 Å². The van der Waals surface area contributed by atoms with Gasteiger partial charge in [0, 0.05) is 17.6 Å². The van der Waals surface area contributed by atoms with Gasteiger partial charge in [-0.1, -0.05) is 13.0 Å². The number of carbonyl (C=O) groups is 1. The molecule has 0 aromatic heterocycles. The molecule has 1 aromatic carbocycles. The second-order valence-corrected chi connectivity index (χ2v) is 4.63. The second kappa shape index (κ2) is 6.55. The molecule has 1 amide bonds. The lowest BCUT2D eigenvalue weighted by atomic mass is 10.3. The highest BCUT2D eigenvalue weighted by Crippen LogP contribution is 2.23. The van der Waals surface area contributed by atoms with E-state index in [2.05, 4.69) is 6.92 Å². The van der Waals surface area contributed by atoms with E-state index < -0.39 is 6.61 Å². The summed E-state index contributed by atoms with van der Waals surface area (Å²) in [4.78, 5) is 13.9. The summed E-state index contributed by atoms with van der Waals surface area (Å²) >= 11 is 1.77. The smallest absolute Gasteiger partial charge is 0.252 e. The number of hydrogen-bond donors (Lipinski definition) is 1. The molecule has 0 fully saturated rings. The summed E-state index contributed by atoms with van der Waals surface area (Å²) < 4.78 is 0. The maximum atomic E-state index is 11.3. The Kier molecular flexibility index (Phi) is 5.35.